The van der Waals surface area contributed by atoms with Crippen molar-refractivity contribution in [2.75, 3.05) is 26.1 Å². The van der Waals surface area contributed by atoms with Gasteiger partial charge in [0.2, 0.25) is 5.78 Å². The van der Waals surface area contributed by atoms with Gasteiger partial charge in [0.15, 0.2) is 16.8 Å². The standard InChI is InChI=1S/C19H21N5O8S/c1-4-5-8-20-23-14(18(28)32-3)13(17(27)31-2)15(25)16(26)22-19-21-11-7-6-10(24(29)30)9-12(11)33-19/h6-7,9,13,20H,4-5,8H2,1-3H3,(H,21,22,26). The monoisotopic (exact) mass is 479 g/mol. The van der Waals surface area contributed by atoms with E-state index in [1.807, 2.05) is 6.92 Å². The molecule has 13 nitrogen and oxygen atoms in total. The lowest BCUT2D eigenvalue weighted by atomic mass is 9.97. The number of Topliss-reactive ketones (excluding diaryl/α,β-unsaturated/α-hetero) is 1. The van der Waals surface area contributed by atoms with Crippen LogP contribution in [0.25, 0.3) is 10.2 Å². The molecular weight excluding hydrogens is 458 g/mol. The number of hydrogen-bond acceptors (Lipinski definition) is 12. The summed E-state index contributed by atoms with van der Waals surface area (Å²) in [6, 6.07) is 3.91. The van der Waals surface area contributed by atoms with E-state index in [1.54, 1.807) is 0 Å². The zero-order valence-corrected chi connectivity index (χ0v) is 18.8. The van der Waals surface area contributed by atoms with Crippen molar-refractivity contribution in [3.63, 3.8) is 0 Å². The molecule has 2 aromatic rings. The second-order valence-electron chi connectivity index (χ2n) is 6.45. The molecule has 2 N–H and O–H groups in total. The van der Waals surface area contributed by atoms with Gasteiger partial charge in [-0.3, -0.25) is 29.8 Å². The van der Waals surface area contributed by atoms with Crippen molar-refractivity contribution in [3.05, 3.63) is 28.3 Å². The number of benzene rings is 1. The van der Waals surface area contributed by atoms with Gasteiger partial charge in [0.25, 0.3) is 11.6 Å². The number of anilines is 1. The Morgan fingerprint density at radius 3 is 2.58 bits per heavy atom. The Kier molecular flexibility index (Phi) is 8.91. The molecule has 0 saturated carbocycles. The van der Waals surface area contributed by atoms with Crippen LogP contribution in [0.15, 0.2) is 23.3 Å². The number of fused-ring (bicyclic) bond motifs is 1. The number of methoxy groups -OCH3 is 2. The molecule has 176 valence electrons. The number of aromatic nitrogens is 1. The van der Waals surface area contributed by atoms with Crippen molar-refractivity contribution < 1.29 is 33.6 Å². The van der Waals surface area contributed by atoms with Crippen LogP contribution in [0.5, 0.6) is 0 Å². The molecule has 0 radical (unpaired) electrons. The number of unbranched alkanes of at least 4 members (excludes halogenated alkanes) is 1. The lowest BCUT2D eigenvalue weighted by molar-refractivity contribution is -0.384. The fourth-order valence-electron chi connectivity index (χ4n) is 2.56. The van der Waals surface area contributed by atoms with Gasteiger partial charge >= 0.3 is 11.9 Å². The topological polar surface area (TPSA) is 179 Å². The molecule has 0 aliphatic carbocycles. The Balaban J connectivity index is 2.31. The number of amides is 1. The van der Waals surface area contributed by atoms with Gasteiger partial charge in [-0.2, -0.15) is 5.10 Å². The first-order valence-corrected chi connectivity index (χ1v) is 10.4. The molecule has 33 heavy (non-hydrogen) atoms. The lowest BCUT2D eigenvalue weighted by Crippen LogP contribution is -2.43. The number of ketones is 1. The number of carbonyl (C=O) groups is 4. The van der Waals surface area contributed by atoms with E-state index in [9.17, 15) is 29.3 Å². The van der Waals surface area contributed by atoms with E-state index in [0.717, 1.165) is 32.0 Å². The van der Waals surface area contributed by atoms with Gasteiger partial charge in [0.1, 0.15) is 0 Å². The summed E-state index contributed by atoms with van der Waals surface area (Å²) in [4.78, 5) is 64.3. The van der Waals surface area contributed by atoms with Crippen LogP contribution in [-0.2, 0) is 28.7 Å². The molecule has 1 heterocycles. The molecular formula is C19H21N5O8S. The predicted molar refractivity (Wildman–Crippen MR) is 118 cm³/mol. The number of rotatable bonds is 11. The Bertz CT molecular complexity index is 1110. The molecule has 0 aliphatic heterocycles. The minimum absolute atomic E-state index is 0.0370. The van der Waals surface area contributed by atoms with Gasteiger partial charge in [0.05, 0.1) is 29.4 Å². The summed E-state index contributed by atoms with van der Waals surface area (Å²) in [6.07, 6.45) is 1.52. The zero-order valence-electron chi connectivity index (χ0n) is 17.9. The number of hydrazone groups is 1. The van der Waals surface area contributed by atoms with Crippen molar-refractivity contribution in [1.29, 1.82) is 0 Å². The Morgan fingerprint density at radius 1 is 1.24 bits per heavy atom. The highest BCUT2D eigenvalue weighted by Crippen LogP contribution is 2.29. The average molecular weight is 479 g/mol. The SMILES string of the molecule is CCCCNN=C(C(=O)OC)C(C(=O)OC)C(=O)C(=O)Nc1nc2ccc([N+](=O)[O-])cc2s1. The molecule has 14 heteroatoms. The number of ether oxygens (including phenoxy) is 2. The minimum Gasteiger partial charge on any atom is -0.468 e. The number of nitro benzene ring substituents is 1. The minimum atomic E-state index is -1.98. The third-order valence-electron chi connectivity index (χ3n) is 4.24. The summed E-state index contributed by atoms with van der Waals surface area (Å²) < 4.78 is 9.58. The Labute approximate surface area is 191 Å². The van der Waals surface area contributed by atoms with Crippen LogP contribution < -0.4 is 10.7 Å². The molecule has 2 rings (SSSR count). The molecule has 1 amide bonds. The maximum absolute atomic E-state index is 12.8. The molecule has 1 atom stereocenters. The zero-order chi connectivity index (χ0) is 24.5. The van der Waals surface area contributed by atoms with E-state index >= 15 is 0 Å². The third-order valence-corrected chi connectivity index (χ3v) is 5.17. The Hall–Kier alpha value is -3.94. The number of carbonyl (C=O) groups excluding carboxylic acids is 4. The van der Waals surface area contributed by atoms with Crippen molar-refractivity contribution in [2.24, 2.45) is 11.0 Å². The number of nitro groups is 1. The van der Waals surface area contributed by atoms with Crippen LogP contribution in [0, 0.1) is 16.0 Å². The van der Waals surface area contributed by atoms with Crippen LogP contribution in [0.3, 0.4) is 0 Å². The first-order valence-electron chi connectivity index (χ1n) is 9.60. The second kappa shape index (κ2) is 11.6. The first-order chi connectivity index (χ1) is 15.7. The smallest absolute Gasteiger partial charge is 0.355 e. The molecule has 1 aromatic heterocycles. The van der Waals surface area contributed by atoms with E-state index < -0.39 is 40.2 Å². The van der Waals surface area contributed by atoms with Crippen LogP contribution in [-0.4, -0.2) is 60.0 Å². The van der Waals surface area contributed by atoms with Crippen molar-refractivity contribution in [3.8, 4) is 0 Å². The van der Waals surface area contributed by atoms with E-state index in [4.69, 9.17) is 0 Å². The largest absolute Gasteiger partial charge is 0.468 e. The van der Waals surface area contributed by atoms with E-state index in [1.165, 1.54) is 18.2 Å². The first kappa shape index (κ1) is 25.3. The molecule has 0 saturated heterocycles. The van der Waals surface area contributed by atoms with E-state index in [2.05, 4.69) is 30.3 Å². The normalized spacial score (nSPS) is 12.0. The van der Waals surface area contributed by atoms with E-state index in [-0.39, 0.29) is 10.8 Å². The molecule has 1 unspecified atom stereocenters. The highest BCUT2D eigenvalue weighted by molar-refractivity contribution is 7.22. The highest BCUT2D eigenvalue weighted by Gasteiger charge is 2.41. The van der Waals surface area contributed by atoms with E-state index in [0.29, 0.717) is 23.2 Å². The maximum Gasteiger partial charge on any atom is 0.355 e. The third kappa shape index (κ3) is 6.29. The highest BCUT2D eigenvalue weighted by atomic mass is 32.1. The summed E-state index contributed by atoms with van der Waals surface area (Å²) in [5.74, 6) is -6.84. The fourth-order valence-corrected chi connectivity index (χ4v) is 3.45. The summed E-state index contributed by atoms with van der Waals surface area (Å²) in [6.45, 7) is 2.28. The van der Waals surface area contributed by atoms with Crippen LogP contribution in [0.4, 0.5) is 10.8 Å². The van der Waals surface area contributed by atoms with Crippen LogP contribution in [0.1, 0.15) is 19.8 Å². The van der Waals surface area contributed by atoms with Gasteiger partial charge in [0, 0.05) is 18.7 Å². The number of nitrogens with one attached hydrogen (secondary N) is 2. The number of hydrogen-bond donors (Lipinski definition) is 2. The number of thiazole rings is 1. The second-order valence-corrected chi connectivity index (χ2v) is 7.48. The summed E-state index contributed by atoms with van der Waals surface area (Å²) in [7, 11) is 2.02. The van der Waals surface area contributed by atoms with Crippen molar-refractivity contribution >= 4 is 61.7 Å². The van der Waals surface area contributed by atoms with Gasteiger partial charge in [-0.15, -0.1) is 0 Å². The fraction of sp³-hybridized carbons (Fsp3) is 0.368. The number of non-ortho nitro benzene ring substituents is 1. The summed E-state index contributed by atoms with van der Waals surface area (Å²) in [5.41, 5.74) is 2.12. The van der Waals surface area contributed by atoms with Gasteiger partial charge in [-0.05, 0) is 12.5 Å². The van der Waals surface area contributed by atoms with Gasteiger partial charge in [-0.25, -0.2) is 9.78 Å². The van der Waals surface area contributed by atoms with Crippen LogP contribution in [0.2, 0.25) is 0 Å². The Morgan fingerprint density at radius 2 is 1.97 bits per heavy atom. The van der Waals surface area contributed by atoms with Gasteiger partial charge in [-0.1, -0.05) is 24.7 Å². The quantitative estimate of drug-likeness (QED) is 0.0910. The van der Waals surface area contributed by atoms with Crippen molar-refractivity contribution in [1.82, 2.24) is 10.4 Å². The van der Waals surface area contributed by atoms with Crippen LogP contribution >= 0.6 is 11.3 Å². The maximum atomic E-state index is 12.8. The average Bonchev–Trinajstić information content (AvgIpc) is 3.21. The van der Waals surface area contributed by atoms with Crippen molar-refractivity contribution in [2.45, 2.75) is 19.8 Å². The molecule has 0 spiro atoms. The number of esters is 2. The molecule has 1 aromatic carbocycles. The van der Waals surface area contributed by atoms with Gasteiger partial charge < -0.3 is 14.9 Å². The predicted octanol–water partition coefficient (Wildman–Crippen LogP) is 1.42. The lowest BCUT2D eigenvalue weighted by Gasteiger charge is -2.14. The summed E-state index contributed by atoms with van der Waals surface area (Å²) >= 11 is 0.889. The number of nitrogens with zero attached hydrogens (tertiary/aromatic N) is 3. The molecule has 0 fully saturated rings. The summed E-state index contributed by atoms with van der Waals surface area (Å²) in [5, 5.41) is 16.9. The molecule has 0 aliphatic rings. The molecule has 0 bridgehead atoms.